The lowest BCUT2D eigenvalue weighted by molar-refractivity contribution is -0.133. The lowest BCUT2D eigenvalue weighted by atomic mass is 9.99. The molecular formula is C23H29N3O2. The van der Waals surface area contributed by atoms with E-state index in [0.29, 0.717) is 6.54 Å². The number of hydrogen-bond donors (Lipinski definition) is 1. The number of nitrogens with zero attached hydrogens (tertiary/aromatic N) is 2. The monoisotopic (exact) mass is 379 g/mol. The highest BCUT2D eigenvalue weighted by molar-refractivity contribution is 6.03. The summed E-state index contributed by atoms with van der Waals surface area (Å²) in [5.74, 6) is 0.317. The van der Waals surface area contributed by atoms with Gasteiger partial charge in [0, 0.05) is 38.1 Å². The van der Waals surface area contributed by atoms with Gasteiger partial charge in [-0.05, 0) is 48.6 Å². The van der Waals surface area contributed by atoms with E-state index in [4.69, 9.17) is 0 Å². The minimum atomic E-state index is -0.288. The first-order chi connectivity index (χ1) is 13.5. The molecule has 0 radical (unpaired) electrons. The third-order valence-electron chi connectivity index (χ3n) is 5.30. The largest absolute Gasteiger partial charge is 0.372 e. The van der Waals surface area contributed by atoms with Crippen molar-refractivity contribution in [2.24, 2.45) is 5.92 Å². The average molecular weight is 380 g/mol. The Hall–Kier alpha value is -2.82. The summed E-state index contributed by atoms with van der Waals surface area (Å²) in [6, 6.07) is 17.6. The Morgan fingerprint density at radius 3 is 2.32 bits per heavy atom. The Kier molecular flexibility index (Phi) is 6.69. The van der Waals surface area contributed by atoms with Gasteiger partial charge in [0.05, 0.1) is 0 Å². The van der Waals surface area contributed by atoms with Gasteiger partial charge in [0.1, 0.15) is 6.42 Å². The van der Waals surface area contributed by atoms with Crippen LogP contribution < -0.4 is 10.2 Å². The molecule has 1 aliphatic rings. The highest BCUT2D eigenvalue weighted by atomic mass is 16.2. The minimum absolute atomic E-state index is 0.158. The SMILES string of the molecule is CC1CCN(c2ccc(NC(=O)CC(=O)N(C)Cc3ccccc3)cc2)CC1. The van der Waals surface area contributed by atoms with Gasteiger partial charge < -0.3 is 15.1 Å². The van der Waals surface area contributed by atoms with Gasteiger partial charge in [-0.15, -0.1) is 0 Å². The molecule has 0 unspecified atom stereocenters. The van der Waals surface area contributed by atoms with Crippen LogP contribution in [0.1, 0.15) is 31.7 Å². The van der Waals surface area contributed by atoms with Crippen molar-refractivity contribution in [3.8, 4) is 0 Å². The number of rotatable bonds is 6. The van der Waals surface area contributed by atoms with Crippen molar-refractivity contribution < 1.29 is 9.59 Å². The van der Waals surface area contributed by atoms with Gasteiger partial charge in [0.15, 0.2) is 0 Å². The molecule has 5 heteroatoms. The Morgan fingerprint density at radius 1 is 1.04 bits per heavy atom. The summed E-state index contributed by atoms with van der Waals surface area (Å²) in [5.41, 5.74) is 2.95. The molecule has 0 aromatic heterocycles. The molecule has 2 amide bonds. The zero-order valence-corrected chi connectivity index (χ0v) is 16.7. The minimum Gasteiger partial charge on any atom is -0.372 e. The molecular weight excluding hydrogens is 350 g/mol. The zero-order valence-electron chi connectivity index (χ0n) is 16.7. The van der Waals surface area contributed by atoms with Gasteiger partial charge in [-0.2, -0.15) is 0 Å². The van der Waals surface area contributed by atoms with Crippen molar-refractivity contribution in [1.82, 2.24) is 4.90 Å². The molecule has 1 fully saturated rings. The predicted molar refractivity (Wildman–Crippen MR) is 113 cm³/mol. The quantitative estimate of drug-likeness (QED) is 0.774. The normalized spacial score (nSPS) is 14.6. The van der Waals surface area contributed by atoms with Gasteiger partial charge in [0.2, 0.25) is 11.8 Å². The van der Waals surface area contributed by atoms with Crippen molar-refractivity contribution in [2.45, 2.75) is 32.7 Å². The van der Waals surface area contributed by atoms with E-state index in [2.05, 4.69) is 17.1 Å². The summed E-state index contributed by atoms with van der Waals surface area (Å²) in [6.45, 7) is 4.95. The molecule has 0 spiro atoms. The summed E-state index contributed by atoms with van der Waals surface area (Å²) >= 11 is 0. The molecule has 148 valence electrons. The lowest BCUT2D eigenvalue weighted by Crippen LogP contribution is -2.32. The number of carbonyl (C=O) groups is 2. The molecule has 0 saturated carbocycles. The summed E-state index contributed by atoms with van der Waals surface area (Å²) in [5, 5.41) is 2.82. The molecule has 1 heterocycles. The first-order valence-corrected chi connectivity index (χ1v) is 9.94. The van der Waals surface area contributed by atoms with Crippen molar-refractivity contribution in [3.05, 3.63) is 60.2 Å². The van der Waals surface area contributed by atoms with Crippen LogP contribution in [-0.2, 0) is 16.1 Å². The zero-order chi connectivity index (χ0) is 19.9. The third kappa shape index (κ3) is 5.59. The number of nitrogens with one attached hydrogen (secondary N) is 1. The van der Waals surface area contributed by atoms with Gasteiger partial charge in [-0.3, -0.25) is 9.59 Å². The fraction of sp³-hybridized carbons (Fsp3) is 0.391. The summed E-state index contributed by atoms with van der Waals surface area (Å²) in [7, 11) is 1.72. The van der Waals surface area contributed by atoms with Crippen molar-refractivity contribution in [3.63, 3.8) is 0 Å². The number of carbonyl (C=O) groups excluding carboxylic acids is 2. The second-order valence-electron chi connectivity index (χ2n) is 7.68. The molecule has 2 aromatic rings. The van der Waals surface area contributed by atoms with Crippen LogP contribution in [0.4, 0.5) is 11.4 Å². The van der Waals surface area contributed by atoms with E-state index in [1.54, 1.807) is 11.9 Å². The Morgan fingerprint density at radius 2 is 1.68 bits per heavy atom. The lowest BCUT2D eigenvalue weighted by Gasteiger charge is -2.32. The van der Waals surface area contributed by atoms with Crippen molar-refractivity contribution in [1.29, 1.82) is 0 Å². The topological polar surface area (TPSA) is 52.7 Å². The smallest absolute Gasteiger partial charge is 0.233 e. The first kappa shape index (κ1) is 19.9. The number of piperidine rings is 1. The van der Waals surface area contributed by atoms with E-state index in [1.165, 1.54) is 18.5 Å². The summed E-state index contributed by atoms with van der Waals surface area (Å²) < 4.78 is 0. The highest BCUT2D eigenvalue weighted by Crippen LogP contribution is 2.24. The molecule has 5 nitrogen and oxygen atoms in total. The molecule has 28 heavy (non-hydrogen) atoms. The number of hydrogen-bond acceptors (Lipinski definition) is 3. The average Bonchev–Trinajstić information content (AvgIpc) is 2.70. The van der Waals surface area contributed by atoms with E-state index in [9.17, 15) is 9.59 Å². The van der Waals surface area contributed by atoms with E-state index >= 15 is 0 Å². The van der Waals surface area contributed by atoms with Gasteiger partial charge in [-0.1, -0.05) is 37.3 Å². The number of amides is 2. The van der Waals surface area contributed by atoms with Crippen LogP contribution in [0.3, 0.4) is 0 Å². The van der Waals surface area contributed by atoms with Crippen LogP contribution >= 0.6 is 0 Å². The molecule has 1 saturated heterocycles. The summed E-state index contributed by atoms with van der Waals surface area (Å²) in [6.07, 6.45) is 2.28. The maximum absolute atomic E-state index is 12.3. The van der Waals surface area contributed by atoms with Gasteiger partial charge in [0.25, 0.3) is 0 Å². The van der Waals surface area contributed by atoms with E-state index < -0.39 is 0 Å². The van der Waals surface area contributed by atoms with Crippen molar-refractivity contribution in [2.75, 3.05) is 30.4 Å². The molecule has 0 bridgehead atoms. The van der Waals surface area contributed by atoms with E-state index in [1.807, 2.05) is 54.6 Å². The highest BCUT2D eigenvalue weighted by Gasteiger charge is 2.17. The van der Waals surface area contributed by atoms with Crippen LogP contribution in [0.25, 0.3) is 0 Å². The predicted octanol–water partition coefficient (Wildman–Crippen LogP) is 3.91. The second kappa shape index (κ2) is 9.40. The second-order valence-corrected chi connectivity index (χ2v) is 7.68. The fourth-order valence-corrected chi connectivity index (χ4v) is 3.45. The van der Waals surface area contributed by atoms with Crippen LogP contribution in [0.15, 0.2) is 54.6 Å². The number of anilines is 2. The first-order valence-electron chi connectivity index (χ1n) is 9.94. The maximum Gasteiger partial charge on any atom is 0.233 e. The molecule has 0 aliphatic carbocycles. The molecule has 1 aliphatic heterocycles. The van der Waals surface area contributed by atoms with Crippen LogP contribution in [0.5, 0.6) is 0 Å². The Bertz CT molecular complexity index is 781. The van der Waals surface area contributed by atoms with Gasteiger partial charge >= 0.3 is 0 Å². The summed E-state index contributed by atoms with van der Waals surface area (Å²) in [4.78, 5) is 28.5. The molecule has 0 atom stereocenters. The van der Waals surface area contributed by atoms with E-state index in [0.717, 1.165) is 30.3 Å². The maximum atomic E-state index is 12.3. The molecule has 2 aromatic carbocycles. The number of benzene rings is 2. The van der Waals surface area contributed by atoms with Crippen LogP contribution in [0, 0.1) is 5.92 Å². The van der Waals surface area contributed by atoms with Crippen molar-refractivity contribution >= 4 is 23.2 Å². The molecule has 1 N–H and O–H groups in total. The van der Waals surface area contributed by atoms with E-state index in [-0.39, 0.29) is 18.2 Å². The third-order valence-corrected chi connectivity index (χ3v) is 5.30. The standard InChI is InChI=1S/C23H29N3O2/c1-18-12-14-26(15-13-18)21-10-8-20(9-11-21)24-22(27)16-23(28)25(2)17-19-6-4-3-5-7-19/h3-11,18H,12-17H2,1-2H3,(H,24,27). The van der Waals surface area contributed by atoms with Crippen LogP contribution in [0.2, 0.25) is 0 Å². The van der Waals surface area contributed by atoms with Crippen LogP contribution in [-0.4, -0.2) is 36.9 Å². The fourth-order valence-electron chi connectivity index (χ4n) is 3.45. The molecule has 3 rings (SSSR count). The van der Waals surface area contributed by atoms with Gasteiger partial charge in [-0.25, -0.2) is 0 Å². The Balaban J connectivity index is 1.48. The Labute approximate surface area is 167 Å².